The van der Waals surface area contributed by atoms with Crippen molar-refractivity contribution in [2.24, 2.45) is 5.84 Å². The summed E-state index contributed by atoms with van der Waals surface area (Å²) in [5.74, 6) is 5.94. The fourth-order valence-corrected chi connectivity index (χ4v) is 1.15. The third-order valence-electron chi connectivity index (χ3n) is 2.03. The Morgan fingerprint density at radius 1 is 1.14 bits per heavy atom. The molecule has 0 amide bonds. The van der Waals surface area contributed by atoms with Crippen molar-refractivity contribution in [3.63, 3.8) is 0 Å². The predicted molar refractivity (Wildman–Crippen MR) is 61.7 cm³/mol. The molecule has 0 spiro atoms. The highest BCUT2D eigenvalue weighted by Gasteiger charge is 2.19. The lowest BCUT2D eigenvalue weighted by atomic mass is 10.1. The number of hydrogen-bond donors (Lipinski definition) is 3. The molecule has 0 atom stereocenters. The first-order valence-corrected chi connectivity index (χ1v) is 4.52. The Morgan fingerprint density at radius 2 is 1.71 bits per heavy atom. The van der Waals surface area contributed by atoms with Gasteiger partial charge in [-0.25, -0.2) is 5.84 Å². The van der Waals surface area contributed by atoms with Gasteiger partial charge in [0.05, 0.1) is 11.4 Å². The summed E-state index contributed by atoms with van der Waals surface area (Å²) >= 11 is 0. The lowest BCUT2D eigenvalue weighted by Gasteiger charge is -2.33. The quantitative estimate of drug-likeness (QED) is 0.358. The third kappa shape index (κ3) is 2.09. The lowest BCUT2D eigenvalue weighted by Crippen LogP contribution is -2.47. The van der Waals surface area contributed by atoms with Gasteiger partial charge in [-0.3, -0.25) is 0 Å². The van der Waals surface area contributed by atoms with E-state index in [0.29, 0.717) is 11.4 Å². The molecule has 0 aliphatic carbocycles. The van der Waals surface area contributed by atoms with Gasteiger partial charge >= 0.3 is 0 Å². The van der Waals surface area contributed by atoms with Crippen LogP contribution in [0.15, 0.2) is 18.2 Å². The summed E-state index contributed by atoms with van der Waals surface area (Å²) in [6, 6.07) is 5.33. The van der Waals surface area contributed by atoms with Crippen LogP contribution in [0.4, 0.5) is 17.1 Å². The molecule has 1 rings (SSSR count). The zero-order valence-corrected chi connectivity index (χ0v) is 8.91. The number of rotatable bonds is 1. The van der Waals surface area contributed by atoms with Crippen molar-refractivity contribution in [1.82, 2.24) is 0 Å². The van der Waals surface area contributed by atoms with Crippen LogP contribution in [-0.4, -0.2) is 5.54 Å². The van der Waals surface area contributed by atoms with E-state index < -0.39 is 0 Å². The van der Waals surface area contributed by atoms with Crippen molar-refractivity contribution >= 4 is 17.1 Å². The zero-order valence-electron chi connectivity index (χ0n) is 8.91. The summed E-state index contributed by atoms with van der Waals surface area (Å²) in [4.78, 5) is 0. The van der Waals surface area contributed by atoms with Gasteiger partial charge in [0.25, 0.3) is 0 Å². The van der Waals surface area contributed by atoms with Crippen molar-refractivity contribution < 1.29 is 0 Å². The minimum atomic E-state index is -0.162. The van der Waals surface area contributed by atoms with Crippen molar-refractivity contribution in [3.05, 3.63) is 18.2 Å². The summed E-state index contributed by atoms with van der Waals surface area (Å²) in [5.41, 5.74) is 13.3. The highest BCUT2D eigenvalue weighted by molar-refractivity contribution is 5.71. The Kier molecular flexibility index (Phi) is 2.57. The van der Waals surface area contributed by atoms with Gasteiger partial charge in [0.15, 0.2) is 0 Å². The average Bonchev–Trinajstić information content (AvgIpc) is 2.01. The standard InChI is InChI=1S/C10H18N4/c1-10(2,3)14(13)9-5-4-7(11)6-8(9)12/h4-6H,11-13H2,1-3H3. The van der Waals surface area contributed by atoms with Crippen molar-refractivity contribution in [2.45, 2.75) is 26.3 Å². The van der Waals surface area contributed by atoms with Crippen LogP contribution >= 0.6 is 0 Å². The number of nitrogens with zero attached hydrogens (tertiary/aromatic N) is 1. The molecule has 0 saturated heterocycles. The SMILES string of the molecule is CC(C)(C)N(N)c1ccc(N)cc1N. The molecule has 4 nitrogen and oxygen atoms in total. The van der Waals surface area contributed by atoms with E-state index in [-0.39, 0.29) is 5.54 Å². The van der Waals surface area contributed by atoms with Crippen LogP contribution in [0.1, 0.15) is 20.8 Å². The minimum Gasteiger partial charge on any atom is -0.399 e. The van der Waals surface area contributed by atoms with E-state index in [2.05, 4.69) is 0 Å². The van der Waals surface area contributed by atoms with Crippen LogP contribution in [0.3, 0.4) is 0 Å². The Balaban J connectivity index is 3.08. The maximum Gasteiger partial charge on any atom is 0.0754 e. The van der Waals surface area contributed by atoms with Crippen LogP contribution in [0.2, 0.25) is 0 Å². The highest BCUT2D eigenvalue weighted by atomic mass is 15.4. The highest BCUT2D eigenvalue weighted by Crippen LogP contribution is 2.27. The predicted octanol–water partition coefficient (Wildman–Crippen LogP) is 1.33. The molecule has 0 bridgehead atoms. The van der Waals surface area contributed by atoms with Gasteiger partial charge < -0.3 is 16.5 Å². The van der Waals surface area contributed by atoms with Gasteiger partial charge in [-0.05, 0) is 39.0 Å². The van der Waals surface area contributed by atoms with Gasteiger partial charge in [0, 0.05) is 11.2 Å². The molecule has 6 N–H and O–H groups in total. The molecule has 0 radical (unpaired) electrons. The van der Waals surface area contributed by atoms with Crippen LogP contribution < -0.4 is 22.3 Å². The molecule has 0 unspecified atom stereocenters. The smallest absolute Gasteiger partial charge is 0.0754 e. The van der Waals surface area contributed by atoms with E-state index in [1.807, 2.05) is 26.8 Å². The molecular formula is C10H18N4. The Hall–Kier alpha value is -1.42. The fraction of sp³-hybridized carbons (Fsp3) is 0.400. The number of hydrazine groups is 1. The first-order chi connectivity index (χ1) is 6.32. The van der Waals surface area contributed by atoms with Gasteiger partial charge in [-0.2, -0.15) is 0 Å². The molecule has 78 valence electrons. The third-order valence-corrected chi connectivity index (χ3v) is 2.03. The molecule has 0 fully saturated rings. The average molecular weight is 194 g/mol. The Bertz CT molecular complexity index is 327. The maximum absolute atomic E-state index is 5.94. The molecule has 4 heteroatoms. The van der Waals surface area contributed by atoms with Crippen LogP contribution in [0.5, 0.6) is 0 Å². The molecule has 1 aromatic carbocycles. The number of nitrogens with two attached hydrogens (primary N) is 3. The first-order valence-electron chi connectivity index (χ1n) is 4.52. The monoisotopic (exact) mass is 194 g/mol. The van der Waals surface area contributed by atoms with E-state index in [1.165, 1.54) is 0 Å². The first kappa shape index (κ1) is 10.7. The van der Waals surface area contributed by atoms with E-state index in [4.69, 9.17) is 17.3 Å². The number of anilines is 3. The summed E-state index contributed by atoms with van der Waals surface area (Å²) in [6.45, 7) is 6.05. The number of benzene rings is 1. The topological polar surface area (TPSA) is 81.3 Å². The van der Waals surface area contributed by atoms with E-state index in [9.17, 15) is 0 Å². The summed E-state index contributed by atoms with van der Waals surface area (Å²) in [7, 11) is 0. The molecule has 14 heavy (non-hydrogen) atoms. The zero-order chi connectivity index (χ0) is 10.9. The second kappa shape index (κ2) is 3.38. The summed E-state index contributed by atoms with van der Waals surface area (Å²) < 4.78 is 0. The second-order valence-corrected chi connectivity index (χ2v) is 4.36. The van der Waals surface area contributed by atoms with Crippen LogP contribution in [-0.2, 0) is 0 Å². The fourth-order valence-electron chi connectivity index (χ4n) is 1.15. The van der Waals surface area contributed by atoms with Crippen LogP contribution in [0.25, 0.3) is 0 Å². The van der Waals surface area contributed by atoms with Crippen molar-refractivity contribution in [1.29, 1.82) is 0 Å². The summed E-state index contributed by atoms with van der Waals surface area (Å²) in [6.07, 6.45) is 0. The van der Waals surface area contributed by atoms with E-state index in [0.717, 1.165) is 5.69 Å². The Morgan fingerprint density at radius 3 is 2.14 bits per heavy atom. The molecular weight excluding hydrogens is 176 g/mol. The van der Waals surface area contributed by atoms with Crippen LogP contribution in [0, 0.1) is 0 Å². The van der Waals surface area contributed by atoms with Gasteiger partial charge in [-0.1, -0.05) is 0 Å². The van der Waals surface area contributed by atoms with Gasteiger partial charge in [0.1, 0.15) is 0 Å². The van der Waals surface area contributed by atoms with E-state index in [1.54, 1.807) is 17.1 Å². The second-order valence-electron chi connectivity index (χ2n) is 4.36. The minimum absolute atomic E-state index is 0.162. The lowest BCUT2D eigenvalue weighted by molar-refractivity contribution is 0.514. The van der Waals surface area contributed by atoms with Gasteiger partial charge in [-0.15, -0.1) is 0 Å². The summed E-state index contributed by atoms with van der Waals surface area (Å²) in [5, 5.41) is 1.64. The molecule has 0 aliphatic heterocycles. The normalized spacial score (nSPS) is 11.4. The number of hydrogen-bond acceptors (Lipinski definition) is 4. The molecule has 0 saturated carbocycles. The Labute approximate surface area is 84.6 Å². The van der Waals surface area contributed by atoms with E-state index >= 15 is 0 Å². The maximum atomic E-state index is 5.94. The largest absolute Gasteiger partial charge is 0.399 e. The molecule has 0 aliphatic rings. The molecule has 0 heterocycles. The molecule has 0 aromatic heterocycles. The van der Waals surface area contributed by atoms with Crippen molar-refractivity contribution in [2.75, 3.05) is 16.5 Å². The number of nitrogen functional groups attached to an aromatic ring is 2. The van der Waals surface area contributed by atoms with Gasteiger partial charge in [0.2, 0.25) is 0 Å². The van der Waals surface area contributed by atoms with Crippen molar-refractivity contribution in [3.8, 4) is 0 Å². The molecule has 1 aromatic rings.